The summed E-state index contributed by atoms with van der Waals surface area (Å²) in [5.74, 6) is 1.94. The molecule has 21 heavy (non-hydrogen) atoms. The number of methoxy groups -OCH3 is 3. The van der Waals surface area contributed by atoms with Crippen molar-refractivity contribution < 1.29 is 14.2 Å². The second-order valence-electron chi connectivity index (χ2n) is 4.29. The molecule has 114 valence electrons. The predicted octanol–water partition coefficient (Wildman–Crippen LogP) is 3.85. The number of ether oxygens (including phenoxy) is 3. The van der Waals surface area contributed by atoms with Crippen LogP contribution in [-0.4, -0.2) is 28.4 Å². The molecule has 0 bridgehead atoms. The first-order chi connectivity index (χ1) is 10.2. The number of hydrogen-bond donors (Lipinski definition) is 1. The molecule has 1 aromatic heterocycles. The van der Waals surface area contributed by atoms with E-state index in [1.807, 2.05) is 25.2 Å². The molecule has 1 atom stereocenters. The molecule has 1 heterocycles. The van der Waals surface area contributed by atoms with Gasteiger partial charge in [0.05, 0.1) is 31.2 Å². The van der Waals surface area contributed by atoms with Crippen LogP contribution in [0, 0.1) is 0 Å². The van der Waals surface area contributed by atoms with Crippen molar-refractivity contribution in [3.8, 4) is 17.2 Å². The maximum Gasteiger partial charge on any atom is 0.203 e. The Labute approximate surface area is 137 Å². The molecule has 0 aliphatic carbocycles. The molecule has 0 fully saturated rings. The minimum Gasteiger partial charge on any atom is -0.493 e. The number of thiophene rings is 1. The molecule has 1 aromatic carbocycles. The van der Waals surface area contributed by atoms with Crippen LogP contribution in [0.4, 0.5) is 0 Å². The Hall–Kier alpha value is -1.24. The van der Waals surface area contributed by atoms with E-state index in [0.717, 1.165) is 9.35 Å². The summed E-state index contributed by atoms with van der Waals surface area (Å²) in [7, 11) is 6.79. The Morgan fingerprint density at radius 2 is 1.71 bits per heavy atom. The van der Waals surface area contributed by atoms with E-state index < -0.39 is 0 Å². The molecule has 6 heteroatoms. The Bertz CT molecular complexity index is 615. The van der Waals surface area contributed by atoms with Crippen LogP contribution in [0.5, 0.6) is 17.2 Å². The van der Waals surface area contributed by atoms with Gasteiger partial charge in [-0.3, -0.25) is 0 Å². The lowest BCUT2D eigenvalue weighted by atomic mass is 10.0. The molecular weight excluding hydrogens is 354 g/mol. The number of benzene rings is 1. The minimum absolute atomic E-state index is 0.0241. The first kappa shape index (κ1) is 16.1. The summed E-state index contributed by atoms with van der Waals surface area (Å²) in [4.78, 5) is 1.19. The lowest BCUT2D eigenvalue weighted by Gasteiger charge is -2.21. The average Bonchev–Trinajstić information content (AvgIpc) is 2.93. The third-order valence-corrected chi connectivity index (χ3v) is 4.90. The smallest absolute Gasteiger partial charge is 0.203 e. The van der Waals surface area contributed by atoms with Gasteiger partial charge in [0, 0.05) is 10.4 Å². The quantitative estimate of drug-likeness (QED) is 0.836. The van der Waals surface area contributed by atoms with Crippen LogP contribution in [0.2, 0.25) is 0 Å². The zero-order valence-electron chi connectivity index (χ0n) is 12.4. The van der Waals surface area contributed by atoms with Crippen LogP contribution in [0.15, 0.2) is 28.1 Å². The molecule has 0 saturated heterocycles. The zero-order valence-corrected chi connectivity index (χ0v) is 14.8. The molecule has 0 aliphatic heterocycles. The van der Waals surface area contributed by atoms with Crippen molar-refractivity contribution in [2.45, 2.75) is 6.04 Å². The van der Waals surface area contributed by atoms with E-state index in [0.29, 0.717) is 17.2 Å². The maximum absolute atomic E-state index is 5.57. The second-order valence-corrected chi connectivity index (χ2v) is 6.78. The van der Waals surface area contributed by atoms with Crippen molar-refractivity contribution in [2.24, 2.45) is 0 Å². The summed E-state index contributed by atoms with van der Waals surface area (Å²) in [5.41, 5.74) is 1.01. The van der Waals surface area contributed by atoms with Gasteiger partial charge in [-0.1, -0.05) is 0 Å². The van der Waals surface area contributed by atoms with Gasteiger partial charge in [-0.25, -0.2) is 0 Å². The van der Waals surface area contributed by atoms with Crippen molar-refractivity contribution in [3.63, 3.8) is 0 Å². The highest BCUT2D eigenvalue weighted by Gasteiger charge is 2.23. The minimum atomic E-state index is 0.0241. The Balaban J connectivity index is 2.55. The second kappa shape index (κ2) is 7.15. The molecule has 0 radical (unpaired) electrons. The van der Waals surface area contributed by atoms with E-state index in [9.17, 15) is 0 Å². The Kier molecular flexibility index (Phi) is 5.50. The van der Waals surface area contributed by atoms with Crippen LogP contribution in [0.3, 0.4) is 0 Å². The molecule has 1 unspecified atom stereocenters. The summed E-state index contributed by atoms with van der Waals surface area (Å²) >= 11 is 5.19. The van der Waals surface area contributed by atoms with E-state index >= 15 is 0 Å². The van der Waals surface area contributed by atoms with Gasteiger partial charge in [0.2, 0.25) is 5.75 Å². The Morgan fingerprint density at radius 1 is 1.00 bits per heavy atom. The third kappa shape index (κ3) is 3.17. The highest BCUT2D eigenvalue weighted by Crippen LogP contribution is 2.44. The molecule has 0 spiro atoms. The largest absolute Gasteiger partial charge is 0.493 e. The van der Waals surface area contributed by atoms with Crippen LogP contribution in [-0.2, 0) is 0 Å². The topological polar surface area (TPSA) is 39.7 Å². The standard InChI is InChI=1S/C15H18BrNO3S/c1-17-13(11-7-8-12(16)21-11)9-5-6-10(18-2)15(20-4)14(9)19-3/h5-8,13,17H,1-4H3. The first-order valence-corrected chi connectivity index (χ1v) is 7.98. The first-order valence-electron chi connectivity index (χ1n) is 6.37. The molecule has 0 saturated carbocycles. The maximum atomic E-state index is 5.57. The SMILES string of the molecule is CNC(c1ccc(Br)s1)c1ccc(OC)c(OC)c1OC. The number of rotatable bonds is 6. The molecule has 2 aromatic rings. The van der Waals surface area contributed by atoms with Gasteiger partial charge in [0.1, 0.15) is 0 Å². The van der Waals surface area contributed by atoms with E-state index in [1.54, 1.807) is 32.7 Å². The summed E-state index contributed by atoms with van der Waals surface area (Å²) in [6.45, 7) is 0. The van der Waals surface area contributed by atoms with Gasteiger partial charge >= 0.3 is 0 Å². The van der Waals surface area contributed by atoms with Gasteiger partial charge in [-0.2, -0.15) is 0 Å². The van der Waals surface area contributed by atoms with Crippen LogP contribution in [0.1, 0.15) is 16.5 Å². The van der Waals surface area contributed by atoms with Crippen LogP contribution < -0.4 is 19.5 Å². The van der Waals surface area contributed by atoms with E-state index in [-0.39, 0.29) is 6.04 Å². The van der Waals surface area contributed by atoms with Crippen LogP contribution in [0.25, 0.3) is 0 Å². The zero-order chi connectivity index (χ0) is 15.4. The summed E-state index contributed by atoms with van der Waals surface area (Å²) in [5, 5.41) is 3.32. The predicted molar refractivity (Wildman–Crippen MR) is 89.0 cm³/mol. The molecule has 4 nitrogen and oxygen atoms in total. The van der Waals surface area contributed by atoms with E-state index in [4.69, 9.17) is 14.2 Å². The lowest BCUT2D eigenvalue weighted by molar-refractivity contribution is 0.321. The van der Waals surface area contributed by atoms with Gasteiger partial charge in [-0.05, 0) is 47.2 Å². The molecular formula is C15H18BrNO3S. The molecule has 2 rings (SSSR count). The van der Waals surface area contributed by atoms with Crippen molar-refractivity contribution in [2.75, 3.05) is 28.4 Å². The molecule has 1 N–H and O–H groups in total. The fourth-order valence-corrected chi connectivity index (χ4v) is 3.84. The molecule has 0 amide bonds. The number of nitrogens with one attached hydrogen (secondary N) is 1. The average molecular weight is 372 g/mol. The number of hydrogen-bond acceptors (Lipinski definition) is 5. The van der Waals surface area contributed by atoms with Gasteiger partial charge in [-0.15, -0.1) is 11.3 Å². The number of halogens is 1. The van der Waals surface area contributed by atoms with Crippen molar-refractivity contribution >= 4 is 27.3 Å². The highest BCUT2D eigenvalue weighted by molar-refractivity contribution is 9.11. The summed E-state index contributed by atoms with van der Waals surface area (Å²) in [6.07, 6.45) is 0. The lowest BCUT2D eigenvalue weighted by Crippen LogP contribution is -2.17. The fourth-order valence-electron chi connectivity index (χ4n) is 2.29. The monoisotopic (exact) mass is 371 g/mol. The van der Waals surface area contributed by atoms with E-state index in [1.165, 1.54) is 4.88 Å². The van der Waals surface area contributed by atoms with Crippen molar-refractivity contribution in [1.82, 2.24) is 5.32 Å². The summed E-state index contributed by atoms with van der Waals surface area (Å²) in [6, 6.07) is 8.04. The van der Waals surface area contributed by atoms with Crippen molar-refractivity contribution in [1.29, 1.82) is 0 Å². The fraction of sp³-hybridized carbons (Fsp3) is 0.333. The third-order valence-electron chi connectivity index (χ3n) is 3.21. The van der Waals surface area contributed by atoms with Gasteiger partial charge in [0.15, 0.2) is 11.5 Å². The van der Waals surface area contributed by atoms with Gasteiger partial charge < -0.3 is 19.5 Å². The van der Waals surface area contributed by atoms with Gasteiger partial charge in [0.25, 0.3) is 0 Å². The summed E-state index contributed by atoms with van der Waals surface area (Å²) < 4.78 is 17.4. The van der Waals surface area contributed by atoms with E-state index in [2.05, 4.69) is 27.3 Å². The molecule has 0 aliphatic rings. The van der Waals surface area contributed by atoms with Crippen molar-refractivity contribution in [3.05, 3.63) is 38.5 Å². The normalized spacial score (nSPS) is 12.0. The highest BCUT2D eigenvalue weighted by atomic mass is 79.9. The van der Waals surface area contributed by atoms with Crippen LogP contribution >= 0.6 is 27.3 Å². The Morgan fingerprint density at radius 3 is 2.19 bits per heavy atom.